The van der Waals surface area contributed by atoms with E-state index in [0.717, 1.165) is 27.5 Å². The van der Waals surface area contributed by atoms with Gasteiger partial charge in [0.15, 0.2) is 5.70 Å². The third-order valence-electron chi connectivity index (χ3n) is 4.00. The van der Waals surface area contributed by atoms with Gasteiger partial charge in [-0.1, -0.05) is 60.2 Å². The maximum absolute atomic E-state index is 12.2. The number of fused-ring (bicyclic) bond motifs is 1. The van der Waals surface area contributed by atoms with E-state index >= 15 is 0 Å². The van der Waals surface area contributed by atoms with E-state index in [1.807, 2.05) is 73.7 Å². The minimum atomic E-state index is -0.417. The van der Waals surface area contributed by atoms with Crippen LogP contribution in [0.25, 0.3) is 16.8 Å². The first-order valence-electron chi connectivity index (χ1n) is 7.78. The van der Waals surface area contributed by atoms with E-state index in [4.69, 9.17) is 4.74 Å². The van der Waals surface area contributed by atoms with E-state index < -0.39 is 5.97 Å². The summed E-state index contributed by atoms with van der Waals surface area (Å²) < 4.78 is 5.34. The summed E-state index contributed by atoms with van der Waals surface area (Å²) in [4.78, 5) is 16.6. The second-order valence-electron chi connectivity index (χ2n) is 5.77. The third-order valence-corrected chi connectivity index (χ3v) is 4.00. The predicted octanol–water partition coefficient (Wildman–Crippen LogP) is 4.49. The van der Waals surface area contributed by atoms with Crippen molar-refractivity contribution < 1.29 is 9.53 Å². The maximum Gasteiger partial charge on any atom is 0.363 e. The van der Waals surface area contributed by atoms with Crippen molar-refractivity contribution in [3.05, 3.63) is 89.1 Å². The summed E-state index contributed by atoms with van der Waals surface area (Å²) in [5, 5.41) is 2.21. The maximum atomic E-state index is 12.2. The van der Waals surface area contributed by atoms with Crippen LogP contribution in [0.3, 0.4) is 0 Å². The highest BCUT2D eigenvalue weighted by Gasteiger charge is 2.24. The summed E-state index contributed by atoms with van der Waals surface area (Å²) in [6.07, 6.45) is 1.79. The minimum absolute atomic E-state index is 0.322. The molecule has 0 spiro atoms. The minimum Gasteiger partial charge on any atom is -0.402 e. The van der Waals surface area contributed by atoms with Crippen LogP contribution >= 0.6 is 0 Å². The smallest absolute Gasteiger partial charge is 0.363 e. The van der Waals surface area contributed by atoms with Crippen molar-refractivity contribution >= 4 is 28.7 Å². The van der Waals surface area contributed by atoms with Crippen LogP contribution in [0.4, 0.5) is 0 Å². The zero-order valence-electron chi connectivity index (χ0n) is 13.2. The number of nitrogens with zero attached hydrogens (tertiary/aromatic N) is 1. The number of carbonyl (C=O) groups is 1. The van der Waals surface area contributed by atoms with Gasteiger partial charge >= 0.3 is 5.97 Å². The van der Waals surface area contributed by atoms with Gasteiger partial charge in [-0.2, -0.15) is 0 Å². The lowest BCUT2D eigenvalue weighted by atomic mass is 10.0. The molecular formula is C21H15NO2. The second kappa shape index (κ2) is 5.78. The Morgan fingerprint density at radius 1 is 0.958 bits per heavy atom. The normalized spacial score (nSPS) is 15.6. The Morgan fingerprint density at radius 3 is 2.62 bits per heavy atom. The summed E-state index contributed by atoms with van der Waals surface area (Å²) in [6.45, 7) is 1.99. The van der Waals surface area contributed by atoms with E-state index in [1.54, 1.807) is 6.08 Å². The summed E-state index contributed by atoms with van der Waals surface area (Å²) in [7, 11) is 0. The molecule has 0 fully saturated rings. The van der Waals surface area contributed by atoms with Crippen molar-refractivity contribution in [2.45, 2.75) is 6.92 Å². The van der Waals surface area contributed by atoms with Crippen LogP contribution in [0.1, 0.15) is 16.7 Å². The molecule has 0 saturated carbocycles. The molecule has 0 atom stereocenters. The molecule has 0 aromatic heterocycles. The van der Waals surface area contributed by atoms with Crippen LogP contribution in [-0.2, 0) is 9.53 Å². The van der Waals surface area contributed by atoms with Crippen molar-refractivity contribution in [1.82, 2.24) is 0 Å². The Bertz CT molecular complexity index is 1010. The molecule has 3 nitrogen and oxygen atoms in total. The van der Waals surface area contributed by atoms with Crippen LogP contribution < -0.4 is 0 Å². The zero-order chi connectivity index (χ0) is 16.5. The topological polar surface area (TPSA) is 38.7 Å². The Morgan fingerprint density at radius 2 is 1.75 bits per heavy atom. The molecule has 116 valence electrons. The van der Waals surface area contributed by atoms with Crippen LogP contribution in [0, 0.1) is 6.92 Å². The zero-order valence-corrected chi connectivity index (χ0v) is 13.2. The Balaban J connectivity index is 1.78. The van der Waals surface area contributed by atoms with Crippen molar-refractivity contribution in [3.63, 3.8) is 0 Å². The first kappa shape index (κ1) is 14.4. The van der Waals surface area contributed by atoms with Gasteiger partial charge in [-0.05, 0) is 41.5 Å². The van der Waals surface area contributed by atoms with Gasteiger partial charge in [-0.3, -0.25) is 0 Å². The highest BCUT2D eigenvalue weighted by atomic mass is 16.6. The lowest BCUT2D eigenvalue weighted by molar-refractivity contribution is -0.129. The van der Waals surface area contributed by atoms with Crippen molar-refractivity contribution in [1.29, 1.82) is 0 Å². The fraction of sp³-hybridized carbons (Fsp3) is 0.0476. The largest absolute Gasteiger partial charge is 0.402 e. The Hall–Kier alpha value is -3.20. The quantitative estimate of drug-likeness (QED) is 0.516. The number of hydrogen-bond acceptors (Lipinski definition) is 3. The van der Waals surface area contributed by atoms with Gasteiger partial charge in [-0.25, -0.2) is 9.79 Å². The Kier molecular flexibility index (Phi) is 3.47. The number of aliphatic imine (C=N–C) groups is 1. The van der Waals surface area contributed by atoms with Gasteiger partial charge in [0, 0.05) is 5.56 Å². The fourth-order valence-electron chi connectivity index (χ4n) is 2.83. The standard InChI is InChI=1S/C21H15NO2/c1-14-6-4-10-17(12-14)20-22-19(21(23)24-20)13-16-9-5-8-15-7-2-3-11-18(15)16/h2-13H,1H3/b19-13-. The average molecular weight is 313 g/mol. The predicted molar refractivity (Wildman–Crippen MR) is 95.7 cm³/mol. The number of benzene rings is 3. The first-order chi connectivity index (χ1) is 11.7. The number of hydrogen-bond donors (Lipinski definition) is 0. The van der Waals surface area contributed by atoms with E-state index in [0.29, 0.717) is 11.6 Å². The summed E-state index contributed by atoms with van der Waals surface area (Å²) in [6, 6.07) is 21.8. The van der Waals surface area contributed by atoms with Crippen LogP contribution in [0.2, 0.25) is 0 Å². The van der Waals surface area contributed by atoms with Crippen LogP contribution in [-0.4, -0.2) is 11.9 Å². The monoisotopic (exact) mass is 313 g/mol. The molecule has 0 aliphatic carbocycles. The SMILES string of the molecule is Cc1cccc(C2=N/C(=C\c3cccc4ccccc34)C(=O)O2)c1. The Labute approximate surface area is 139 Å². The molecule has 1 aliphatic rings. The molecule has 0 unspecified atom stereocenters. The number of ether oxygens (including phenoxy) is 1. The van der Waals surface area contributed by atoms with E-state index in [9.17, 15) is 4.79 Å². The molecule has 24 heavy (non-hydrogen) atoms. The van der Waals surface area contributed by atoms with Crippen LogP contribution in [0.15, 0.2) is 77.4 Å². The molecule has 1 heterocycles. The van der Waals surface area contributed by atoms with Gasteiger partial charge in [-0.15, -0.1) is 0 Å². The number of esters is 1. The average Bonchev–Trinajstić information content (AvgIpc) is 2.96. The van der Waals surface area contributed by atoms with E-state index in [2.05, 4.69) is 4.99 Å². The molecule has 3 heteroatoms. The number of cyclic esters (lactones) is 1. The summed E-state index contributed by atoms with van der Waals surface area (Å²) in [5.74, 6) is -0.0605. The molecule has 3 aromatic carbocycles. The molecule has 0 N–H and O–H groups in total. The van der Waals surface area contributed by atoms with Crippen LogP contribution in [0.5, 0.6) is 0 Å². The van der Waals surface area contributed by atoms with E-state index in [1.165, 1.54) is 0 Å². The molecule has 3 aromatic rings. The molecule has 0 bridgehead atoms. The summed E-state index contributed by atoms with van der Waals surface area (Å²) >= 11 is 0. The second-order valence-corrected chi connectivity index (χ2v) is 5.77. The third kappa shape index (κ3) is 2.61. The van der Waals surface area contributed by atoms with Gasteiger partial charge < -0.3 is 4.74 Å². The van der Waals surface area contributed by atoms with Crippen molar-refractivity contribution in [2.24, 2.45) is 4.99 Å². The number of rotatable bonds is 2. The molecule has 0 amide bonds. The number of aryl methyl sites for hydroxylation is 1. The van der Waals surface area contributed by atoms with Gasteiger partial charge in [0.1, 0.15) is 0 Å². The number of carbonyl (C=O) groups excluding carboxylic acids is 1. The highest BCUT2D eigenvalue weighted by molar-refractivity contribution is 6.13. The van der Waals surface area contributed by atoms with Gasteiger partial charge in [0.25, 0.3) is 0 Å². The van der Waals surface area contributed by atoms with Gasteiger partial charge in [0.2, 0.25) is 5.90 Å². The molecule has 1 aliphatic heterocycles. The first-order valence-corrected chi connectivity index (χ1v) is 7.78. The van der Waals surface area contributed by atoms with Crippen molar-refractivity contribution in [2.75, 3.05) is 0 Å². The summed E-state index contributed by atoms with van der Waals surface area (Å²) in [5.41, 5.74) is 3.18. The van der Waals surface area contributed by atoms with Crippen molar-refractivity contribution in [3.8, 4) is 0 Å². The fourth-order valence-corrected chi connectivity index (χ4v) is 2.83. The van der Waals surface area contributed by atoms with Gasteiger partial charge in [0.05, 0.1) is 0 Å². The molecule has 0 radical (unpaired) electrons. The molecule has 4 rings (SSSR count). The highest BCUT2D eigenvalue weighted by Crippen LogP contribution is 2.24. The lowest BCUT2D eigenvalue weighted by Crippen LogP contribution is -2.05. The molecular weight excluding hydrogens is 298 g/mol. The molecule has 0 saturated heterocycles. The lowest BCUT2D eigenvalue weighted by Gasteiger charge is -2.01. The van der Waals surface area contributed by atoms with E-state index in [-0.39, 0.29) is 0 Å².